The van der Waals surface area contributed by atoms with Crippen molar-refractivity contribution >= 4 is 33.2 Å². The molecule has 1 aliphatic heterocycles. The number of nitrogens with zero attached hydrogens (tertiary/aromatic N) is 1. The summed E-state index contributed by atoms with van der Waals surface area (Å²) in [6.07, 6.45) is 2.17. The molecule has 5 heteroatoms. The van der Waals surface area contributed by atoms with E-state index in [0.29, 0.717) is 11.8 Å². The van der Waals surface area contributed by atoms with Gasteiger partial charge in [-0.2, -0.15) is 0 Å². The first kappa shape index (κ1) is 17.6. The molecule has 0 spiro atoms. The Morgan fingerprint density at radius 1 is 1.25 bits per heavy atom. The van der Waals surface area contributed by atoms with Crippen molar-refractivity contribution in [2.45, 2.75) is 32.4 Å². The Kier molecular flexibility index (Phi) is 5.69. The molecule has 2 N–H and O–H groups in total. The zero-order valence-electron chi connectivity index (χ0n) is 13.7. The van der Waals surface area contributed by atoms with Crippen LogP contribution in [0.15, 0.2) is 40.9 Å². The Hall–Kier alpha value is -1.23. The van der Waals surface area contributed by atoms with E-state index in [-0.39, 0.29) is 0 Å². The lowest BCUT2D eigenvalue weighted by atomic mass is 10.0. The Bertz CT molecular complexity index is 703. The number of halogens is 2. The molecule has 1 saturated heterocycles. The third kappa shape index (κ3) is 4.24. The highest BCUT2D eigenvalue weighted by Crippen LogP contribution is 2.27. The second-order valence-electron chi connectivity index (χ2n) is 6.38. The van der Waals surface area contributed by atoms with Gasteiger partial charge in [-0.05, 0) is 55.7 Å². The van der Waals surface area contributed by atoms with Gasteiger partial charge in [-0.1, -0.05) is 33.6 Å². The highest BCUT2D eigenvalue weighted by Gasteiger charge is 2.20. The van der Waals surface area contributed by atoms with Crippen LogP contribution in [0.4, 0.5) is 5.69 Å². The predicted octanol–water partition coefficient (Wildman–Crippen LogP) is 5.19. The Balaban J connectivity index is 1.56. The maximum Gasteiger partial charge on any atom is 0.120 e. The van der Waals surface area contributed by atoms with Crippen LogP contribution in [0.3, 0.4) is 0 Å². The number of rotatable bonds is 4. The average molecular weight is 410 g/mol. The minimum absolute atomic E-state index is 0.369. The summed E-state index contributed by atoms with van der Waals surface area (Å²) in [4.78, 5) is 2.39. The number of benzene rings is 2. The lowest BCUT2D eigenvalue weighted by molar-refractivity contribution is 0.209. The normalized spacial score (nSPS) is 16.3. The second kappa shape index (κ2) is 7.77. The fourth-order valence-corrected chi connectivity index (χ4v) is 3.72. The van der Waals surface area contributed by atoms with Crippen molar-refractivity contribution in [2.75, 3.05) is 18.4 Å². The molecule has 0 bridgehead atoms. The fraction of sp³-hybridized carbons (Fsp3) is 0.368. The minimum Gasteiger partial charge on any atom is -0.508 e. The summed E-state index contributed by atoms with van der Waals surface area (Å²) in [6.45, 7) is 4.87. The number of hydrogen-bond donors (Lipinski definition) is 2. The van der Waals surface area contributed by atoms with Crippen LogP contribution in [0.25, 0.3) is 0 Å². The molecule has 2 aromatic carbocycles. The molecule has 2 aromatic rings. The molecular weight excluding hydrogens is 388 g/mol. The summed E-state index contributed by atoms with van der Waals surface area (Å²) >= 11 is 9.67. The van der Waals surface area contributed by atoms with Crippen molar-refractivity contribution in [3.05, 3.63) is 57.0 Å². The van der Waals surface area contributed by atoms with Crippen molar-refractivity contribution in [2.24, 2.45) is 0 Å². The summed E-state index contributed by atoms with van der Waals surface area (Å²) < 4.78 is 1.00. The van der Waals surface area contributed by atoms with E-state index in [9.17, 15) is 5.11 Å². The van der Waals surface area contributed by atoms with Gasteiger partial charge in [0.25, 0.3) is 0 Å². The van der Waals surface area contributed by atoms with E-state index in [1.54, 1.807) is 6.07 Å². The molecule has 1 aliphatic rings. The molecule has 0 radical (unpaired) electrons. The largest absolute Gasteiger partial charge is 0.508 e. The first-order chi connectivity index (χ1) is 11.5. The number of piperidine rings is 1. The van der Waals surface area contributed by atoms with Crippen molar-refractivity contribution in [3.8, 4) is 5.75 Å². The Morgan fingerprint density at radius 2 is 2.00 bits per heavy atom. The molecule has 3 rings (SSSR count). The van der Waals surface area contributed by atoms with Gasteiger partial charge in [0.05, 0.1) is 0 Å². The predicted molar refractivity (Wildman–Crippen MR) is 104 cm³/mol. The summed E-state index contributed by atoms with van der Waals surface area (Å²) in [5.41, 5.74) is 3.22. The average Bonchev–Trinajstić information content (AvgIpc) is 2.57. The van der Waals surface area contributed by atoms with Gasteiger partial charge >= 0.3 is 0 Å². The summed E-state index contributed by atoms with van der Waals surface area (Å²) in [5.74, 6) is 0.369. The van der Waals surface area contributed by atoms with Gasteiger partial charge in [-0.3, -0.25) is 4.90 Å². The highest BCUT2D eigenvalue weighted by molar-refractivity contribution is 9.10. The molecule has 0 unspecified atom stereocenters. The smallest absolute Gasteiger partial charge is 0.120 e. The first-order valence-corrected chi connectivity index (χ1v) is 9.41. The van der Waals surface area contributed by atoms with Crippen LogP contribution in [0.2, 0.25) is 5.02 Å². The van der Waals surface area contributed by atoms with E-state index < -0.39 is 0 Å². The maximum absolute atomic E-state index is 10.00. The number of aromatic hydroxyl groups is 1. The third-order valence-electron chi connectivity index (χ3n) is 4.65. The van der Waals surface area contributed by atoms with Crippen LogP contribution in [0.5, 0.6) is 5.75 Å². The molecule has 1 heterocycles. The number of phenols is 1. The van der Waals surface area contributed by atoms with Crippen molar-refractivity contribution < 1.29 is 5.11 Å². The fourth-order valence-electron chi connectivity index (χ4n) is 3.14. The van der Waals surface area contributed by atoms with Crippen LogP contribution in [-0.4, -0.2) is 29.1 Å². The standard InChI is InChI=1S/C19H22BrClN2O/c1-13-17(21)3-2-4-18(13)22-16-7-9-23(10-8-16)12-14-11-15(20)5-6-19(14)24/h2-6,11,16,22,24H,7-10,12H2,1H3. The van der Waals surface area contributed by atoms with Crippen molar-refractivity contribution in [3.63, 3.8) is 0 Å². The van der Waals surface area contributed by atoms with E-state index in [0.717, 1.165) is 58.8 Å². The van der Waals surface area contributed by atoms with E-state index in [1.165, 1.54) is 0 Å². The molecule has 0 aliphatic carbocycles. The Labute approximate surface area is 156 Å². The maximum atomic E-state index is 10.00. The van der Waals surface area contributed by atoms with Crippen molar-refractivity contribution in [1.82, 2.24) is 4.90 Å². The van der Waals surface area contributed by atoms with E-state index in [4.69, 9.17) is 11.6 Å². The van der Waals surface area contributed by atoms with E-state index in [2.05, 4.69) is 39.1 Å². The molecular formula is C19H22BrClN2O. The zero-order valence-corrected chi connectivity index (χ0v) is 16.1. The molecule has 0 saturated carbocycles. The minimum atomic E-state index is 0.369. The van der Waals surface area contributed by atoms with Crippen LogP contribution in [0, 0.1) is 6.92 Å². The van der Waals surface area contributed by atoms with E-state index in [1.807, 2.05) is 24.3 Å². The highest BCUT2D eigenvalue weighted by atomic mass is 79.9. The lowest BCUT2D eigenvalue weighted by Crippen LogP contribution is -2.38. The molecule has 0 aromatic heterocycles. The molecule has 128 valence electrons. The molecule has 3 nitrogen and oxygen atoms in total. The van der Waals surface area contributed by atoms with Crippen LogP contribution in [-0.2, 0) is 6.54 Å². The van der Waals surface area contributed by atoms with Crippen LogP contribution >= 0.6 is 27.5 Å². The quantitative estimate of drug-likeness (QED) is 0.729. The van der Waals surface area contributed by atoms with Gasteiger partial charge in [0.15, 0.2) is 0 Å². The molecule has 1 fully saturated rings. The topological polar surface area (TPSA) is 35.5 Å². The number of nitrogens with one attached hydrogen (secondary N) is 1. The summed E-state index contributed by atoms with van der Waals surface area (Å²) in [7, 11) is 0. The van der Waals surface area contributed by atoms with Gasteiger partial charge in [-0.25, -0.2) is 0 Å². The SMILES string of the molecule is Cc1c(Cl)cccc1NC1CCN(Cc2cc(Br)ccc2O)CC1. The summed E-state index contributed by atoms with van der Waals surface area (Å²) in [6, 6.07) is 12.1. The summed E-state index contributed by atoms with van der Waals surface area (Å²) in [5, 5.41) is 14.4. The van der Waals surface area contributed by atoms with Crippen LogP contribution < -0.4 is 5.32 Å². The lowest BCUT2D eigenvalue weighted by Gasteiger charge is -2.33. The third-order valence-corrected chi connectivity index (χ3v) is 5.55. The number of hydrogen-bond acceptors (Lipinski definition) is 3. The van der Waals surface area contributed by atoms with Gasteiger partial charge in [0.2, 0.25) is 0 Å². The zero-order chi connectivity index (χ0) is 17.1. The molecule has 0 amide bonds. The molecule has 0 atom stereocenters. The second-order valence-corrected chi connectivity index (χ2v) is 7.70. The van der Waals surface area contributed by atoms with Gasteiger partial charge in [0, 0.05) is 46.4 Å². The number of likely N-dealkylation sites (tertiary alicyclic amines) is 1. The monoisotopic (exact) mass is 408 g/mol. The van der Waals surface area contributed by atoms with Crippen molar-refractivity contribution in [1.29, 1.82) is 0 Å². The Morgan fingerprint density at radius 3 is 2.75 bits per heavy atom. The number of phenolic OH excluding ortho intramolecular Hbond substituents is 1. The number of anilines is 1. The van der Waals surface area contributed by atoms with E-state index >= 15 is 0 Å². The van der Waals surface area contributed by atoms with Crippen LogP contribution in [0.1, 0.15) is 24.0 Å². The molecule has 24 heavy (non-hydrogen) atoms. The first-order valence-electron chi connectivity index (χ1n) is 8.24. The van der Waals surface area contributed by atoms with Gasteiger partial charge in [-0.15, -0.1) is 0 Å². The van der Waals surface area contributed by atoms with Gasteiger partial charge < -0.3 is 10.4 Å². The van der Waals surface area contributed by atoms with Gasteiger partial charge in [0.1, 0.15) is 5.75 Å².